The summed E-state index contributed by atoms with van der Waals surface area (Å²) >= 11 is 0. The largest absolute Gasteiger partial charge is 0.403 e. The molecule has 0 radical (unpaired) electrons. The zero-order valence-corrected chi connectivity index (χ0v) is 10.2. The molecule has 3 nitrogen and oxygen atoms in total. The summed E-state index contributed by atoms with van der Waals surface area (Å²) in [5.74, 6) is 0.133. The van der Waals surface area contributed by atoms with Gasteiger partial charge in [0.25, 0.3) is 0 Å². The van der Waals surface area contributed by atoms with Gasteiger partial charge in [0.1, 0.15) is 0 Å². The molecule has 0 bridgehead atoms. The number of carbonyl (C=O) groups excluding carboxylic acids is 1. The van der Waals surface area contributed by atoms with Gasteiger partial charge in [0.05, 0.1) is 6.04 Å². The van der Waals surface area contributed by atoms with Crippen molar-refractivity contribution in [3.05, 3.63) is 12.3 Å². The van der Waals surface area contributed by atoms with E-state index in [1.807, 2.05) is 20.8 Å². The van der Waals surface area contributed by atoms with Crippen molar-refractivity contribution in [2.75, 3.05) is 0 Å². The van der Waals surface area contributed by atoms with Gasteiger partial charge >= 0.3 is 0 Å². The van der Waals surface area contributed by atoms with Crippen molar-refractivity contribution in [1.29, 1.82) is 0 Å². The van der Waals surface area contributed by atoms with E-state index in [4.69, 9.17) is 11.5 Å². The molecular weight excluding hydrogens is 188 g/mol. The first-order valence-electron chi connectivity index (χ1n) is 5.48. The predicted molar refractivity (Wildman–Crippen MR) is 64.2 cm³/mol. The summed E-state index contributed by atoms with van der Waals surface area (Å²) in [6.45, 7) is 9.32. The second-order valence-electron chi connectivity index (χ2n) is 5.12. The van der Waals surface area contributed by atoms with E-state index in [2.05, 4.69) is 6.58 Å². The van der Waals surface area contributed by atoms with E-state index < -0.39 is 0 Å². The van der Waals surface area contributed by atoms with Crippen LogP contribution in [0.25, 0.3) is 0 Å². The smallest absolute Gasteiger partial charge is 0.154 e. The van der Waals surface area contributed by atoms with Crippen molar-refractivity contribution in [3.63, 3.8) is 0 Å². The number of unbranched alkanes of at least 4 members (excludes halogenated alkanes) is 1. The molecule has 0 amide bonds. The zero-order chi connectivity index (χ0) is 12.1. The van der Waals surface area contributed by atoms with Crippen LogP contribution in [0.3, 0.4) is 0 Å². The lowest BCUT2D eigenvalue weighted by Gasteiger charge is -2.21. The van der Waals surface area contributed by atoms with Gasteiger partial charge in [0.15, 0.2) is 5.78 Å². The number of Topliss-reactive ketones (excluding diaryl/α,β-unsaturated/α-hetero) is 1. The van der Waals surface area contributed by atoms with E-state index in [-0.39, 0.29) is 17.2 Å². The van der Waals surface area contributed by atoms with Crippen molar-refractivity contribution in [2.45, 2.75) is 52.5 Å². The number of allylic oxidation sites excluding steroid dienone is 1. The molecule has 0 aromatic rings. The van der Waals surface area contributed by atoms with Crippen LogP contribution in [0.1, 0.15) is 46.5 Å². The number of rotatable bonds is 6. The van der Waals surface area contributed by atoms with Crippen molar-refractivity contribution >= 4 is 5.78 Å². The molecule has 0 aliphatic rings. The molecule has 0 spiro atoms. The normalized spacial score (nSPS) is 13.6. The van der Waals surface area contributed by atoms with Crippen LogP contribution in [0.2, 0.25) is 0 Å². The zero-order valence-electron chi connectivity index (χ0n) is 10.2. The molecule has 0 rings (SSSR count). The summed E-state index contributed by atoms with van der Waals surface area (Å²) < 4.78 is 0. The van der Waals surface area contributed by atoms with E-state index in [9.17, 15) is 4.79 Å². The average molecular weight is 212 g/mol. The lowest BCUT2D eigenvalue weighted by Crippen LogP contribution is -2.38. The molecule has 1 atom stereocenters. The molecular formula is C12H24N2O. The number of hydrogen-bond acceptors (Lipinski definition) is 3. The maximum absolute atomic E-state index is 11.7. The Morgan fingerprint density at radius 1 is 1.33 bits per heavy atom. The highest BCUT2D eigenvalue weighted by atomic mass is 16.1. The standard InChI is InChI=1S/C12H24N2O/c1-9(13)7-5-6-8-10(14)11(15)12(2,3)4/h10H,1,5-8,13-14H2,2-4H3/t10-/m1/s1. The lowest BCUT2D eigenvalue weighted by atomic mass is 9.85. The highest BCUT2D eigenvalue weighted by Crippen LogP contribution is 2.18. The molecule has 3 heteroatoms. The van der Waals surface area contributed by atoms with Gasteiger partial charge < -0.3 is 11.5 Å². The highest BCUT2D eigenvalue weighted by molar-refractivity contribution is 5.88. The Balaban J connectivity index is 3.80. The Bertz CT molecular complexity index is 228. The van der Waals surface area contributed by atoms with Crippen LogP contribution in [-0.2, 0) is 4.79 Å². The minimum Gasteiger partial charge on any atom is -0.403 e. The molecule has 4 N–H and O–H groups in total. The fourth-order valence-electron chi connectivity index (χ4n) is 1.40. The summed E-state index contributed by atoms with van der Waals surface area (Å²) in [5, 5.41) is 0. The fourth-order valence-corrected chi connectivity index (χ4v) is 1.40. The third-order valence-electron chi connectivity index (χ3n) is 2.34. The predicted octanol–water partition coefficient (Wildman–Crippen LogP) is 1.96. The summed E-state index contributed by atoms with van der Waals surface area (Å²) in [6.07, 6.45) is 3.44. The van der Waals surface area contributed by atoms with Crippen LogP contribution in [0.15, 0.2) is 12.3 Å². The van der Waals surface area contributed by atoms with Gasteiger partial charge in [0.2, 0.25) is 0 Å². The van der Waals surface area contributed by atoms with Gasteiger partial charge in [-0.15, -0.1) is 0 Å². The summed E-state index contributed by atoms with van der Waals surface area (Å²) in [7, 11) is 0. The van der Waals surface area contributed by atoms with Gasteiger partial charge in [-0.1, -0.05) is 33.8 Å². The van der Waals surface area contributed by atoms with Crippen LogP contribution in [0, 0.1) is 5.41 Å². The molecule has 0 heterocycles. The molecule has 0 aromatic heterocycles. The minimum atomic E-state index is -0.337. The quantitative estimate of drug-likeness (QED) is 0.661. The Labute approximate surface area is 92.9 Å². The Morgan fingerprint density at radius 3 is 2.27 bits per heavy atom. The average Bonchev–Trinajstić information content (AvgIpc) is 2.09. The number of nitrogens with two attached hydrogens (primary N) is 2. The molecule has 0 unspecified atom stereocenters. The molecule has 15 heavy (non-hydrogen) atoms. The molecule has 0 saturated carbocycles. The van der Waals surface area contributed by atoms with E-state index in [0.717, 1.165) is 25.7 Å². The number of ketones is 1. The van der Waals surface area contributed by atoms with Crippen LogP contribution < -0.4 is 11.5 Å². The van der Waals surface area contributed by atoms with Crippen LogP contribution in [0.5, 0.6) is 0 Å². The van der Waals surface area contributed by atoms with Gasteiger partial charge in [-0.3, -0.25) is 4.79 Å². The van der Waals surface area contributed by atoms with Crippen LogP contribution in [0.4, 0.5) is 0 Å². The Kier molecular flexibility index (Phi) is 5.58. The van der Waals surface area contributed by atoms with E-state index in [1.54, 1.807) is 0 Å². The van der Waals surface area contributed by atoms with Gasteiger partial charge in [0, 0.05) is 11.1 Å². The Hall–Kier alpha value is -0.830. The van der Waals surface area contributed by atoms with E-state index in [0.29, 0.717) is 5.70 Å². The SMILES string of the molecule is C=C(N)CCCC[C@@H](N)C(=O)C(C)(C)C. The third kappa shape index (κ3) is 6.28. The summed E-state index contributed by atoms with van der Waals surface area (Å²) in [5.41, 5.74) is 11.6. The molecule has 88 valence electrons. The highest BCUT2D eigenvalue weighted by Gasteiger charge is 2.26. The van der Waals surface area contributed by atoms with Gasteiger partial charge in [-0.2, -0.15) is 0 Å². The maximum Gasteiger partial charge on any atom is 0.154 e. The topological polar surface area (TPSA) is 69.1 Å². The minimum absolute atomic E-state index is 0.133. The third-order valence-corrected chi connectivity index (χ3v) is 2.34. The summed E-state index contributed by atoms with van der Waals surface area (Å²) in [4.78, 5) is 11.7. The molecule has 0 aliphatic carbocycles. The summed E-state index contributed by atoms with van der Waals surface area (Å²) in [6, 6.07) is -0.337. The van der Waals surface area contributed by atoms with Crippen molar-refractivity contribution < 1.29 is 4.79 Å². The van der Waals surface area contributed by atoms with Crippen LogP contribution >= 0.6 is 0 Å². The first-order chi connectivity index (χ1) is 6.75. The first-order valence-corrected chi connectivity index (χ1v) is 5.48. The Morgan fingerprint density at radius 2 is 1.87 bits per heavy atom. The van der Waals surface area contributed by atoms with E-state index in [1.165, 1.54) is 0 Å². The number of hydrogen-bond donors (Lipinski definition) is 2. The second kappa shape index (κ2) is 5.91. The van der Waals surface area contributed by atoms with Crippen molar-refractivity contribution in [2.24, 2.45) is 16.9 Å². The van der Waals surface area contributed by atoms with Crippen molar-refractivity contribution in [3.8, 4) is 0 Å². The number of carbonyl (C=O) groups is 1. The van der Waals surface area contributed by atoms with Crippen LogP contribution in [-0.4, -0.2) is 11.8 Å². The van der Waals surface area contributed by atoms with Crippen molar-refractivity contribution in [1.82, 2.24) is 0 Å². The first kappa shape index (κ1) is 14.2. The second-order valence-corrected chi connectivity index (χ2v) is 5.12. The molecule has 0 fully saturated rings. The van der Waals surface area contributed by atoms with Gasteiger partial charge in [-0.25, -0.2) is 0 Å². The fraction of sp³-hybridized carbons (Fsp3) is 0.750. The molecule has 0 aliphatic heterocycles. The monoisotopic (exact) mass is 212 g/mol. The molecule has 0 aromatic carbocycles. The van der Waals surface area contributed by atoms with Gasteiger partial charge in [-0.05, 0) is 19.3 Å². The maximum atomic E-state index is 11.7. The molecule has 0 saturated heterocycles. The lowest BCUT2D eigenvalue weighted by molar-refractivity contribution is -0.127. The van der Waals surface area contributed by atoms with E-state index >= 15 is 0 Å².